The molecule has 0 bridgehead atoms. The van der Waals surface area contributed by atoms with E-state index >= 15 is 0 Å². The van der Waals surface area contributed by atoms with E-state index in [1.54, 1.807) is 0 Å². The minimum absolute atomic E-state index is 0.0190. The van der Waals surface area contributed by atoms with Crippen molar-refractivity contribution >= 4 is 19.8 Å². The Balaban J connectivity index is 4.07. The van der Waals surface area contributed by atoms with E-state index in [4.69, 9.17) is 18.5 Å². The average Bonchev–Trinajstić information content (AvgIpc) is 2.14. The molecule has 0 aliphatic heterocycles. The van der Waals surface area contributed by atoms with Gasteiger partial charge in [0.15, 0.2) is 6.10 Å². The van der Waals surface area contributed by atoms with Crippen molar-refractivity contribution in [3.8, 4) is 0 Å². The molecule has 0 aromatic carbocycles. The molecule has 0 aromatic rings. The Morgan fingerprint density at radius 1 is 0.337 bits per heavy atom. The lowest BCUT2D eigenvalue weighted by molar-refractivity contribution is -0.870. The van der Waals surface area contributed by atoms with Crippen LogP contribution in [0.2, 0.25) is 0 Å². The number of ether oxygens (including phenoxy) is 2. The normalized spacial score (nSPS) is 14.1. The number of nitrogens with zero attached hydrogens (tertiary/aromatic N) is 1. The fourth-order valence-electron chi connectivity index (χ4n) is 9.68. The highest BCUT2D eigenvalue weighted by molar-refractivity contribution is 7.47. The van der Waals surface area contributed by atoms with Crippen LogP contribution in [0.15, 0.2) is 170 Å². The predicted molar refractivity (Wildman–Crippen MR) is 399 cm³/mol. The molecule has 0 rings (SSSR count). The SMILES string of the molecule is CC/C=C\C/C=C\C/C=C\C/C=C\C/C=C\C/C=C\C/C=C\C/C=C\CCCCCCC(=O)OC(COC(=O)CCCCCCCCCCCCCCCCCCCCCC/C=C\C/C=C\C/C=C\C/C=C\C/C=C\C/C=C\CC)COP(=O)(O)OCC[N+](C)(C)C. The van der Waals surface area contributed by atoms with E-state index in [-0.39, 0.29) is 32.0 Å². The van der Waals surface area contributed by atoms with Gasteiger partial charge in [-0.25, -0.2) is 4.57 Å². The van der Waals surface area contributed by atoms with Crippen molar-refractivity contribution in [3.05, 3.63) is 170 Å². The summed E-state index contributed by atoms with van der Waals surface area (Å²) < 4.78 is 34.7. The maximum absolute atomic E-state index is 12.9. The van der Waals surface area contributed by atoms with E-state index in [1.165, 1.54) is 116 Å². The van der Waals surface area contributed by atoms with Crippen LogP contribution in [-0.2, 0) is 32.7 Å². The maximum Gasteiger partial charge on any atom is 0.472 e. The third-order valence-electron chi connectivity index (χ3n) is 15.2. The van der Waals surface area contributed by atoms with Crippen molar-refractivity contribution in [3.63, 3.8) is 0 Å². The number of phosphoric acid groups is 1. The Morgan fingerprint density at radius 3 is 0.870 bits per heavy atom. The summed E-state index contributed by atoms with van der Waals surface area (Å²) in [5.74, 6) is -0.829. The molecule has 9 nitrogen and oxygen atoms in total. The van der Waals surface area contributed by atoms with Crippen LogP contribution in [0.25, 0.3) is 0 Å². The monoisotopic (exact) mass is 1300 g/mol. The number of allylic oxidation sites excluding steroid dienone is 28. The molecule has 0 saturated heterocycles. The van der Waals surface area contributed by atoms with Crippen LogP contribution in [-0.4, -0.2) is 74.9 Å². The van der Waals surface area contributed by atoms with Gasteiger partial charge in [0.1, 0.15) is 19.8 Å². The molecule has 0 fully saturated rings. The molecule has 0 saturated carbocycles. The Morgan fingerprint density at radius 2 is 0.587 bits per heavy atom. The first-order chi connectivity index (χ1) is 45.0. The van der Waals surface area contributed by atoms with E-state index in [1.807, 2.05) is 21.1 Å². The van der Waals surface area contributed by atoms with Crippen molar-refractivity contribution in [2.75, 3.05) is 47.5 Å². The maximum atomic E-state index is 12.9. The lowest BCUT2D eigenvalue weighted by Gasteiger charge is -2.24. The second kappa shape index (κ2) is 70.7. The molecule has 92 heavy (non-hydrogen) atoms. The first-order valence-corrected chi connectivity index (χ1v) is 38.4. The Kier molecular flexibility index (Phi) is 67.1. The van der Waals surface area contributed by atoms with Crippen LogP contribution in [0.5, 0.6) is 0 Å². The molecule has 10 heteroatoms. The number of likely N-dealkylation sites (N-methyl/N-ethyl adjacent to an activating group) is 1. The molecule has 1 N–H and O–H groups in total. The zero-order valence-corrected chi connectivity index (χ0v) is 60.4. The number of esters is 2. The molecular weight excluding hydrogens is 1160 g/mol. The molecule has 0 radical (unpaired) electrons. The van der Waals surface area contributed by atoms with Crippen molar-refractivity contribution in [2.24, 2.45) is 0 Å². The van der Waals surface area contributed by atoms with Gasteiger partial charge in [0, 0.05) is 12.8 Å². The van der Waals surface area contributed by atoms with E-state index in [0.29, 0.717) is 17.4 Å². The van der Waals surface area contributed by atoms with Gasteiger partial charge in [0.2, 0.25) is 0 Å². The van der Waals surface area contributed by atoms with Gasteiger partial charge in [-0.3, -0.25) is 18.6 Å². The summed E-state index contributed by atoms with van der Waals surface area (Å²) in [5, 5.41) is 0. The van der Waals surface area contributed by atoms with E-state index in [9.17, 15) is 19.0 Å². The molecule has 0 aromatic heterocycles. The standard InChI is InChI=1S/C82H136NO8P/c1-6-8-10-12-14-16-18-20-22-24-26-28-30-32-34-36-37-38-39-40-41-42-43-44-45-47-48-50-52-54-56-58-60-62-64-66-68-70-72-74-81(84)88-78-80(79-90-92(86,87)89-77-76-83(3,4)5)91-82(85)75-73-71-69-67-65-63-61-59-57-55-53-51-49-46-35-33-31-29-27-25-23-21-19-17-15-13-11-9-7-2/h8-11,14-17,20-23,26-29,32-35,37-38,49,51,55,57,61,63,80H,6-7,12-13,18-19,24-25,30-31,36,39-48,50,52-54,56,58-60,62,64-79H2,1-5H3/p+1/b10-8-,11-9-,16-14-,17-15-,22-20-,23-21-,28-26-,29-27-,34-32-,35-33-,38-37-,51-49-,57-55-,63-61-. The first kappa shape index (κ1) is 87.4. The molecule has 0 aliphatic rings. The highest BCUT2D eigenvalue weighted by Crippen LogP contribution is 2.43. The molecule has 0 heterocycles. The molecule has 0 spiro atoms. The summed E-state index contributed by atoms with van der Waals surface area (Å²) >= 11 is 0. The molecule has 2 atom stereocenters. The minimum Gasteiger partial charge on any atom is -0.462 e. The van der Waals surface area contributed by atoms with Crippen LogP contribution < -0.4 is 0 Å². The van der Waals surface area contributed by atoms with Crippen LogP contribution in [0.3, 0.4) is 0 Å². The van der Waals surface area contributed by atoms with E-state index in [2.05, 4.69) is 184 Å². The Hall–Kier alpha value is -4.63. The molecule has 2 unspecified atom stereocenters. The molecule has 0 amide bonds. The van der Waals surface area contributed by atoms with Gasteiger partial charge in [-0.15, -0.1) is 0 Å². The minimum atomic E-state index is -4.41. The number of quaternary nitrogens is 1. The van der Waals surface area contributed by atoms with Gasteiger partial charge >= 0.3 is 19.8 Å². The summed E-state index contributed by atoms with van der Waals surface area (Å²) in [6.07, 6.45) is 108. The van der Waals surface area contributed by atoms with Crippen LogP contribution >= 0.6 is 7.82 Å². The number of carbonyl (C=O) groups excluding carboxylic acids is 2. The van der Waals surface area contributed by atoms with Gasteiger partial charge in [0.05, 0.1) is 27.7 Å². The Bertz CT molecular complexity index is 2160. The van der Waals surface area contributed by atoms with Crippen LogP contribution in [0, 0.1) is 0 Å². The number of phosphoric ester groups is 1. The van der Waals surface area contributed by atoms with Crippen molar-refractivity contribution in [1.82, 2.24) is 0 Å². The van der Waals surface area contributed by atoms with Gasteiger partial charge in [-0.2, -0.15) is 0 Å². The highest BCUT2D eigenvalue weighted by Gasteiger charge is 2.27. The van der Waals surface area contributed by atoms with Gasteiger partial charge < -0.3 is 18.9 Å². The molecule has 522 valence electrons. The zero-order valence-electron chi connectivity index (χ0n) is 59.5. The quantitative estimate of drug-likeness (QED) is 0.0211. The van der Waals surface area contributed by atoms with Gasteiger partial charge in [0.25, 0.3) is 0 Å². The number of unbranched alkanes of at least 4 members (excludes halogenated alkanes) is 24. The third kappa shape index (κ3) is 74.4. The summed E-state index contributed by atoms with van der Waals surface area (Å²) in [7, 11) is 1.44. The summed E-state index contributed by atoms with van der Waals surface area (Å²) in [4.78, 5) is 35.9. The van der Waals surface area contributed by atoms with Crippen LogP contribution in [0.1, 0.15) is 284 Å². The summed E-state index contributed by atoms with van der Waals surface area (Å²) in [6, 6.07) is 0. The van der Waals surface area contributed by atoms with Crippen molar-refractivity contribution in [2.45, 2.75) is 290 Å². The predicted octanol–water partition coefficient (Wildman–Crippen LogP) is 24.5. The Labute approximate surface area is 566 Å². The fourth-order valence-corrected chi connectivity index (χ4v) is 10.4. The topological polar surface area (TPSA) is 108 Å². The second-order valence-electron chi connectivity index (χ2n) is 25.2. The lowest BCUT2D eigenvalue weighted by atomic mass is 10.0. The number of rotatable bonds is 66. The fraction of sp³-hybridized carbons (Fsp3) is 0.634. The zero-order chi connectivity index (χ0) is 66.9. The highest BCUT2D eigenvalue weighted by atomic mass is 31.2. The molecular formula is C82H137NO8P+. The summed E-state index contributed by atoms with van der Waals surface area (Å²) in [6.45, 7) is 4.18. The number of hydrogen-bond acceptors (Lipinski definition) is 7. The van der Waals surface area contributed by atoms with E-state index < -0.39 is 26.5 Å². The first-order valence-electron chi connectivity index (χ1n) is 36.9. The van der Waals surface area contributed by atoms with Gasteiger partial charge in [-0.1, -0.05) is 312 Å². The van der Waals surface area contributed by atoms with Gasteiger partial charge in [-0.05, 0) is 128 Å². The second-order valence-corrected chi connectivity index (χ2v) is 26.7. The molecule has 0 aliphatic carbocycles. The number of carbonyl (C=O) groups is 2. The smallest absolute Gasteiger partial charge is 0.462 e. The van der Waals surface area contributed by atoms with Crippen molar-refractivity contribution in [1.29, 1.82) is 0 Å². The van der Waals surface area contributed by atoms with Crippen molar-refractivity contribution < 1.29 is 42.1 Å². The lowest BCUT2D eigenvalue weighted by Crippen LogP contribution is -2.37. The van der Waals surface area contributed by atoms with E-state index in [0.717, 1.165) is 135 Å². The summed E-state index contributed by atoms with van der Waals surface area (Å²) in [5.41, 5.74) is 0. The largest absolute Gasteiger partial charge is 0.472 e. The number of hydrogen-bond donors (Lipinski definition) is 1. The van der Waals surface area contributed by atoms with Crippen LogP contribution in [0.4, 0.5) is 0 Å². The average molecular weight is 1300 g/mol. The third-order valence-corrected chi connectivity index (χ3v) is 16.2.